The second-order valence-corrected chi connectivity index (χ2v) is 18.8. The number of anilines is 6. The van der Waals surface area contributed by atoms with Crippen LogP contribution in [-0.4, -0.2) is 0 Å². The molecule has 13 aromatic carbocycles. The molecule has 0 atom stereocenters. The van der Waals surface area contributed by atoms with Gasteiger partial charge in [0, 0.05) is 50.1 Å². The van der Waals surface area contributed by atoms with Gasteiger partial charge < -0.3 is 14.2 Å². The van der Waals surface area contributed by atoms with Crippen LogP contribution in [0, 0.1) is 0 Å². The number of hydrogen-bond donors (Lipinski definition) is 0. The minimum atomic E-state index is 0.863. The van der Waals surface area contributed by atoms with Crippen LogP contribution in [0.1, 0.15) is 0 Å². The summed E-state index contributed by atoms with van der Waals surface area (Å²) < 4.78 is 6.84. The van der Waals surface area contributed by atoms with Crippen molar-refractivity contribution in [3.63, 3.8) is 0 Å². The molecule has 14 aromatic rings. The van der Waals surface area contributed by atoms with Crippen molar-refractivity contribution in [2.45, 2.75) is 0 Å². The molecule has 3 nitrogen and oxygen atoms in total. The zero-order valence-electron chi connectivity index (χ0n) is 39.9. The summed E-state index contributed by atoms with van der Waals surface area (Å²) in [5.74, 6) is 0. The third-order valence-corrected chi connectivity index (χ3v) is 14.6. The maximum Gasteiger partial charge on any atom is 0.138 e. The summed E-state index contributed by atoms with van der Waals surface area (Å²) in [5.41, 5.74) is 15.3. The minimum Gasteiger partial charge on any atom is -0.456 e. The highest BCUT2D eigenvalue weighted by molar-refractivity contribution is 6.29. The minimum absolute atomic E-state index is 0.863. The fraction of sp³-hybridized carbons (Fsp3) is 0. The summed E-state index contributed by atoms with van der Waals surface area (Å²) in [6.07, 6.45) is 0. The monoisotopic (exact) mass is 930 g/mol. The number of fused-ring (bicyclic) bond motifs is 9. The van der Waals surface area contributed by atoms with Gasteiger partial charge >= 0.3 is 0 Å². The van der Waals surface area contributed by atoms with Gasteiger partial charge in [-0.25, -0.2) is 0 Å². The third kappa shape index (κ3) is 7.21. The number of nitrogens with zero attached hydrogens (tertiary/aromatic N) is 2. The molecule has 0 fully saturated rings. The van der Waals surface area contributed by atoms with E-state index in [1.165, 1.54) is 54.9 Å². The van der Waals surface area contributed by atoms with E-state index in [4.69, 9.17) is 4.42 Å². The Labute approximate surface area is 423 Å². The van der Waals surface area contributed by atoms with Crippen LogP contribution in [0.2, 0.25) is 0 Å². The molecule has 0 unspecified atom stereocenters. The zero-order valence-corrected chi connectivity index (χ0v) is 39.9. The lowest BCUT2D eigenvalue weighted by atomic mass is 9.91. The largest absolute Gasteiger partial charge is 0.456 e. The standard InChI is InChI=1S/C70H46N2O/c1-4-18-47(19-5-1)49-32-37-53(38-33-49)71(54-39-34-50(35-40-54)48-20-6-2-7-21-48)64-43-41-58(56-26-12-14-28-60(56)64)59-42-44-65(61-29-15-13-27-57(59)61)72(52-23-8-3-9-24-52)66-46-68-70(63-31-17-16-30-62(63)66)69-55-25-11-10-22-51(55)36-45-67(69)73-68/h1-46H. The second kappa shape index (κ2) is 17.6. The van der Waals surface area contributed by atoms with E-state index in [1.807, 2.05) is 0 Å². The van der Waals surface area contributed by atoms with Crippen molar-refractivity contribution in [3.8, 4) is 33.4 Å². The van der Waals surface area contributed by atoms with Crippen molar-refractivity contribution in [1.29, 1.82) is 0 Å². The third-order valence-electron chi connectivity index (χ3n) is 14.6. The molecule has 1 aromatic heterocycles. The first kappa shape index (κ1) is 42.2. The highest BCUT2D eigenvalue weighted by Crippen LogP contribution is 2.50. The van der Waals surface area contributed by atoms with E-state index in [0.29, 0.717) is 0 Å². The van der Waals surface area contributed by atoms with Crippen molar-refractivity contribution in [2.75, 3.05) is 9.80 Å². The molecule has 342 valence electrons. The molecule has 0 saturated heterocycles. The van der Waals surface area contributed by atoms with E-state index in [0.717, 1.165) is 77.6 Å². The average molecular weight is 931 g/mol. The van der Waals surface area contributed by atoms with E-state index >= 15 is 0 Å². The molecule has 0 aliphatic heterocycles. The zero-order chi connectivity index (χ0) is 48.2. The highest BCUT2D eigenvalue weighted by atomic mass is 16.3. The maximum absolute atomic E-state index is 6.84. The highest BCUT2D eigenvalue weighted by Gasteiger charge is 2.24. The molecule has 3 heteroatoms. The fourth-order valence-electron chi connectivity index (χ4n) is 11.3. The molecule has 1 heterocycles. The topological polar surface area (TPSA) is 19.6 Å². The lowest BCUT2D eigenvalue weighted by Crippen LogP contribution is -2.11. The number of benzene rings is 13. The van der Waals surface area contributed by atoms with Crippen LogP contribution in [0.25, 0.3) is 98.4 Å². The Hall–Kier alpha value is -9.70. The smallest absolute Gasteiger partial charge is 0.138 e. The van der Waals surface area contributed by atoms with E-state index in [-0.39, 0.29) is 0 Å². The Morgan fingerprint density at radius 3 is 1.18 bits per heavy atom. The molecule has 0 radical (unpaired) electrons. The summed E-state index contributed by atoms with van der Waals surface area (Å²) in [5, 5.41) is 11.7. The molecule has 0 aliphatic carbocycles. The number of rotatable bonds is 9. The lowest BCUT2D eigenvalue weighted by Gasteiger charge is -2.29. The van der Waals surface area contributed by atoms with E-state index in [2.05, 4.69) is 289 Å². The predicted octanol–water partition coefficient (Wildman–Crippen LogP) is 20.1. The number of para-hydroxylation sites is 1. The summed E-state index contributed by atoms with van der Waals surface area (Å²) in [6.45, 7) is 0. The van der Waals surface area contributed by atoms with Crippen LogP contribution in [0.15, 0.2) is 283 Å². The molecular formula is C70H46N2O. The second-order valence-electron chi connectivity index (χ2n) is 18.8. The van der Waals surface area contributed by atoms with Crippen LogP contribution in [0.4, 0.5) is 34.1 Å². The summed E-state index contributed by atoms with van der Waals surface area (Å²) in [6, 6.07) is 101. The average Bonchev–Trinajstić information content (AvgIpc) is 3.86. The van der Waals surface area contributed by atoms with Gasteiger partial charge in [-0.05, 0) is 115 Å². The fourth-order valence-corrected chi connectivity index (χ4v) is 11.3. The van der Waals surface area contributed by atoms with Crippen LogP contribution in [0.5, 0.6) is 0 Å². The van der Waals surface area contributed by atoms with Gasteiger partial charge in [0.15, 0.2) is 0 Å². The molecule has 0 amide bonds. The summed E-state index contributed by atoms with van der Waals surface area (Å²) in [4.78, 5) is 4.82. The lowest BCUT2D eigenvalue weighted by molar-refractivity contribution is 0.669. The SMILES string of the molecule is c1ccc(-c2ccc(N(c3ccc(-c4ccccc4)cc3)c3ccc(-c4ccc(N(c5ccccc5)c5cc6oc7ccc8ccccc8c7c6c6ccccc56)c5ccccc45)c4ccccc34)cc2)cc1. The summed E-state index contributed by atoms with van der Waals surface area (Å²) in [7, 11) is 0. The van der Waals surface area contributed by atoms with Crippen molar-refractivity contribution >= 4 is 99.2 Å². The van der Waals surface area contributed by atoms with Crippen LogP contribution < -0.4 is 9.80 Å². The molecule has 73 heavy (non-hydrogen) atoms. The Bertz CT molecular complexity index is 4270. The normalized spacial score (nSPS) is 11.6. The van der Waals surface area contributed by atoms with Crippen molar-refractivity contribution in [2.24, 2.45) is 0 Å². The van der Waals surface area contributed by atoms with Gasteiger partial charge in [0.1, 0.15) is 11.2 Å². The molecule has 0 aliphatic rings. The number of hydrogen-bond acceptors (Lipinski definition) is 3. The molecule has 0 spiro atoms. The quantitative estimate of drug-likeness (QED) is 0.144. The van der Waals surface area contributed by atoms with E-state index in [1.54, 1.807) is 0 Å². The Morgan fingerprint density at radius 1 is 0.233 bits per heavy atom. The molecule has 0 N–H and O–H groups in total. The van der Waals surface area contributed by atoms with Crippen LogP contribution >= 0.6 is 0 Å². The first-order chi connectivity index (χ1) is 36.2. The van der Waals surface area contributed by atoms with Crippen LogP contribution in [-0.2, 0) is 0 Å². The van der Waals surface area contributed by atoms with Gasteiger partial charge in [0.2, 0.25) is 0 Å². The van der Waals surface area contributed by atoms with Crippen molar-refractivity contribution < 1.29 is 4.42 Å². The molecule has 14 rings (SSSR count). The van der Waals surface area contributed by atoms with Crippen LogP contribution in [0.3, 0.4) is 0 Å². The first-order valence-corrected chi connectivity index (χ1v) is 25.0. The summed E-state index contributed by atoms with van der Waals surface area (Å²) >= 11 is 0. The predicted molar refractivity (Wildman–Crippen MR) is 309 cm³/mol. The molecular weight excluding hydrogens is 885 g/mol. The van der Waals surface area contributed by atoms with Gasteiger partial charge in [-0.1, -0.05) is 218 Å². The number of furan rings is 1. The Morgan fingerprint density at radius 2 is 0.630 bits per heavy atom. The van der Waals surface area contributed by atoms with Crippen molar-refractivity contribution in [3.05, 3.63) is 279 Å². The molecule has 0 bridgehead atoms. The van der Waals surface area contributed by atoms with Gasteiger partial charge in [0.05, 0.1) is 17.1 Å². The maximum atomic E-state index is 6.84. The van der Waals surface area contributed by atoms with E-state index in [9.17, 15) is 0 Å². The van der Waals surface area contributed by atoms with Gasteiger partial charge in [-0.2, -0.15) is 0 Å². The van der Waals surface area contributed by atoms with Gasteiger partial charge in [-0.3, -0.25) is 0 Å². The Balaban J connectivity index is 0.938. The first-order valence-electron chi connectivity index (χ1n) is 25.0. The Kier molecular flexibility index (Phi) is 10.2. The van der Waals surface area contributed by atoms with Gasteiger partial charge in [-0.15, -0.1) is 0 Å². The van der Waals surface area contributed by atoms with E-state index < -0.39 is 0 Å². The van der Waals surface area contributed by atoms with Crippen molar-refractivity contribution in [1.82, 2.24) is 0 Å². The van der Waals surface area contributed by atoms with Gasteiger partial charge in [0.25, 0.3) is 0 Å². The molecule has 0 saturated carbocycles.